The fourth-order valence-electron chi connectivity index (χ4n) is 2.31. The van der Waals surface area contributed by atoms with Crippen LogP contribution in [0.3, 0.4) is 0 Å². The number of nitrogens with one attached hydrogen (secondary N) is 1. The summed E-state index contributed by atoms with van der Waals surface area (Å²) in [6.07, 6.45) is 0. The summed E-state index contributed by atoms with van der Waals surface area (Å²) in [6.45, 7) is 1.90. The van der Waals surface area contributed by atoms with Crippen molar-refractivity contribution in [3.05, 3.63) is 75.6 Å². The number of nitro benzene ring substituents is 1. The number of nitro groups is 1. The summed E-state index contributed by atoms with van der Waals surface area (Å²) >= 11 is 0. The summed E-state index contributed by atoms with van der Waals surface area (Å²) in [6, 6.07) is 11.4. The Balaban J connectivity index is 2.01. The number of rotatable bonds is 5. The zero-order valence-electron chi connectivity index (χ0n) is 13.4. The molecule has 0 radical (unpaired) electrons. The molecule has 2 rings (SSSR count). The van der Waals surface area contributed by atoms with Crippen molar-refractivity contribution in [3.8, 4) is 0 Å². The fourth-order valence-corrected chi connectivity index (χ4v) is 2.31. The molecule has 7 heteroatoms. The van der Waals surface area contributed by atoms with Gasteiger partial charge in [0.1, 0.15) is 5.82 Å². The first-order valence-electron chi connectivity index (χ1n) is 7.38. The Morgan fingerprint density at radius 2 is 2.00 bits per heavy atom. The third-order valence-electron chi connectivity index (χ3n) is 3.60. The maximum Gasteiger partial charge on any atom is 0.317 e. The maximum absolute atomic E-state index is 13.7. The van der Waals surface area contributed by atoms with Gasteiger partial charge in [0.05, 0.1) is 11.0 Å². The molecule has 0 heterocycles. The molecule has 0 saturated carbocycles. The van der Waals surface area contributed by atoms with Gasteiger partial charge in [-0.3, -0.25) is 10.1 Å². The normalized spacial score (nSPS) is 11.6. The quantitative estimate of drug-likeness (QED) is 0.671. The molecule has 0 bridgehead atoms. The topological polar surface area (TPSA) is 75.5 Å². The second-order valence-corrected chi connectivity index (χ2v) is 5.48. The minimum absolute atomic E-state index is 0.0268. The molecule has 1 N–H and O–H groups in total. The van der Waals surface area contributed by atoms with Crippen LogP contribution >= 0.6 is 0 Å². The summed E-state index contributed by atoms with van der Waals surface area (Å²) in [4.78, 5) is 23.9. The van der Waals surface area contributed by atoms with Gasteiger partial charge >= 0.3 is 6.03 Å². The molecule has 0 saturated heterocycles. The van der Waals surface area contributed by atoms with Crippen LogP contribution in [0.25, 0.3) is 0 Å². The number of carbonyl (C=O) groups excluding carboxylic acids is 1. The minimum atomic E-state index is -0.494. The van der Waals surface area contributed by atoms with Crippen LogP contribution in [0.15, 0.2) is 48.5 Å². The van der Waals surface area contributed by atoms with E-state index in [2.05, 4.69) is 5.32 Å². The average molecular weight is 331 g/mol. The zero-order chi connectivity index (χ0) is 17.7. The Labute approximate surface area is 139 Å². The van der Waals surface area contributed by atoms with Gasteiger partial charge in [-0.2, -0.15) is 0 Å². The highest BCUT2D eigenvalue weighted by atomic mass is 19.1. The summed E-state index contributed by atoms with van der Waals surface area (Å²) in [7, 11) is 1.57. The van der Waals surface area contributed by atoms with E-state index in [1.165, 1.54) is 23.1 Å². The number of nitrogens with zero attached hydrogens (tertiary/aromatic N) is 2. The second kappa shape index (κ2) is 7.54. The Kier molecular flexibility index (Phi) is 5.47. The van der Waals surface area contributed by atoms with Crippen LogP contribution in [0.5, 0.6) is 0 Å². The SMILES string of the molecule is C[C@@H](NC(=O)N(C)Cc1cccc([N+](=O)[O-])c1)c1ccccc1F. The van der Waals surface area contributed by atoms with Crippen molar-refractivity contribution in [2.24, 2.45) is 0 Å². The van der Waals surface area contributed by atoms with Gasteiger partial charge in [0.15, 0.2) is 0 Å². The third-order valence-corrected chi connectivity index (χ3v) is 3.60. The van der Waals surface area contributed by atoms with Gasteiger partial charge in [-0.25, -0.2) is 9.18 Å². The molecule has 2 aromatic carbocycles. The molecule has 1 atom stereocenters. The van der Waals surface area contributed by atoms with Gasteiger partial charge in [0, 0.05) is 31.3 Å². The molecule has 0 fully saturated rings. The number of carbonyl (C=O) groups is 1. The van der Waals surface area contributed by atoms with Crippen LogP contribution < -0.4 is 5.32 Å². The van der Waals surface area contributed by atoms with Crippen LogP contribution in [0.1, 0.15) is 24.1 Å². The van der Waals surface area contributed by atoms with E-state index in [1.807, 2.05) is 0 Å². The maximum atomic E-state index is 13.7. The van der Waals surface area contributed by atoms with Gasteiger partial charge in [0.25, 0.3) is 5.69 Å². The van der Waals surface area contributed by atoms with Crippen molar-refractivity contribution in [2.75, 3.05) is 7.05 Å². The first-order valence-corrected chi connectivity index (χ1v) is 7.38. The van der Waals surface area contributed by atoms with Crippen LogP contribution in [0.4, 0.5) is 14.9 Å². The van der Waals surface area contributed by atoms with Crippen molar-refractivity contribution < 1.29 is 14.1 Å². The molecule has 0 spiro atoms. The molecule has 0 aliphatic heterocycles. The molecule has 0 unspecified atom stereocenters. The van der Waals surface area contributed by atoms with Gasteiger partial charge in [-0.15, -0.1) is 0 Å². The fraction of sp³-hybridized carbons (Fsp3) is 0.235. The van der Waals surface area contributed by atoms with E-state index < -0.39 is 17.0 Å². The Hall–Kier alpha value is -2.96. The molecule has 24 heavy (non-hydrogen) atoms. The predicted molar refractivity (Wildman–Crippen MR) is 87.9 cm³/mol. The molecule has 0 aliphatic rings. The second-order valence-electron chi connectivity index (χ2n) is 5.48. The van der Waals surface area contributed by atoms with Gasteiger partial charge in [-0.1, -0.05) is 30.3 Å². The summed E-state index contributed by atoms with van der Waals surface area (Å²) in [5.74, 6) is -0.383. The van der Waals surface area contributed by atoms with Crippen molar-refractivity contribution in [1.82, 2.24) is 10.2 Å². The van der Waals surface area contributed by atoms with Crippen molar-refractivity contribution in [2.45, 2.75) is 19.5 Å². The standard InChI is InChI=1S/C17H18FN3O3/c1-12(15-8-3-4-9-16(15)18)19-17(22)20(2)11-13-6-5-7-14(10-13)21(23)24/h3-10,12H,11H2,1-2H3,(H,19,22)/t12-/m1/s1. The lowest BCUT2D eigenvalue weighted by Gasteiger charge is -2.22. The van der Waals surface area contributed by atoms with E-state index in [1.54, 1.807) is 44.3 Å². The average Bonchev–Trinajstić information content (AvgIpc) is 2.55. The lowest BCUT2D eigenvalue weighted by atomic mass is 10.1. The van der Waals surface area contributed by atoms with E-state index in [0.717, 1.165) is 0 Å². The smallest absolute Gasteiger partial charge is 0.317 e. The van der Waals surface area contributed by atoms with Crippen LogP contribution in [-0.4, -0.2) is 22.9 Å². The number of hydrogen-bond acceptors (Lipinski definition) is 3. The molecule has 126 valence electrons. The number of amides is 2. The number of hydrogen-bond donors (Lipinski definition) is 1. The van der Waals surface area contributed by atoms with Gasteiger partial charge in [-0.05, 0) is 18.6 Å². The van der Waals surface area contributed by atoms with Crippen molar-refractivity contribution in [1.29, 1.82) is 0 Å². The first kappa shape index (κ1) is 17.4. The predicted octanol–water partition coefficient (Wildman–Crippen LogP) is 3.64. The summed E-state index contributed by atoms with van der Waals surface area (Å²) < 4.78 is 13.7. The van der Waals surface area contributed by atoms with Crippen LogP contribution in [0.2, 0.25) is 0 Å². The molecule has 0 aromatic heterocycles. The number of benzene rings is 2. The van der Waals surface area contributed by atoms with Gasteiger partial charge < -0.3 is 10.2 Å². The summed E-state index contributed by atoms with van der Waals surface area (Å²) in [5.41, 5.74) is 1.01. The lowest BCUT2D eigenvalue weighted by molar-refractivity contribution is -0.384. The molecule has 2 aromatic rings. The molecule has 0 aliphatic carbocycles. The highest BCUT2D eigenvalue weighted by molar-refractivity contribution is 5.74. The highest BCUT2D eigenvalue weighted by Gasteiger charge is 2.16. The van der Waals surface area contributed by atoms with E-state index in [-0.39, 0.29) is 18.0 Å². The van der Waals surface area contributed by atoms with Crippen LogP contribution in [-0.2, 0) is 6.54 Å². The Morgan fingerprint density at radius 3 is 2.67 bits per heavy atom. The largest absolute Gasteiger partial charge is 0.331 e. The molecule has 2 amide bonds. The monoisotopic (exact) mass is 331 g/mol. The van der Waals surface area contributed by atoms with Crippen LogP contribution in [0, 0.1) is 15.9 Å². The molecular formula is C17H18FN3O3. The molecule has 6 nitrogen and oxygen atoms in total. The van der Waals surface area contributed by atoms with E-state index in [9.17, 15) is 19.3 Å². The summed E-state index contributed by atoms with van der Waals surface area (Å²) in [5, 5.41) is 13.5. The van der Waals surface area contributed by atoms with Crippen molar-refractivity contribution >= 4 is 11.7 Å². The van der Waals surface area contributed by atoms with E-state index in [4.69, 9.17) is 0 Å². The number of non-ortho nitro benzene ring substituents is 1. The first-order chi connectivity index (χ1) is 11.4. The Bertz CT molecular complexity index is 751. The lowest BCUT2D eigenvalue weighted by Crippen LogP contribution is -2.38. The van der Waals surface area contributed by atoms with Crippen molar-refractivity contribution in [3.63, 3.8) is 0 Å². The minimum Gasteiger partial charge on any atom is -0.331 e. The number of halogens is 1. The van der Waals surface area contributed by atoms with E-state index >= 15 is 0 Å². The van der Waals surface area contributed by atoms with Gasteiger partial charge in [0.2, 0.25) is 0 Å². The third kappa shape index (κ3) is 4.28. The Morgan fingerprint density at radius 1 is 1.29 bits per heavy atom. The molecular weight excluding hydrogens is 313 g/mol. The number of urea groups is 1. The zero-order valence-corrected chi connectivity index (χ0v) is 13.4. The highest BCUT2D eigenvalue weighted by Crippen LogP contribution is 2.17. The van der Waals surface area contributed by atoms with E-state index in [0.29, 0.717) is 11.1 Å².